The minimum Gasteiger partial charge on any atom is -0.423 e. The first kappa shape index (κ1) is 23.6. The fourth-order valence-corrected chi connectivity index (χ4v) is 6.36. The van der Waals surface area contributed by atoms with E-state index >= 15 is 0 Å². The van der Waals surface area contributed by atoms with Crippen LogP contribution in [0, 0.1) is 18.3 Å². The van der Waals surface area contributed by atoms with Crippen molar-refractivity contribution in [3.05, 3.63) is 81.2 Å². The number of benzene rings is 2. The van der Waals surface area contributed by atoms with Gasteiger partial charge in [-0.05, 0) is 72.9 Å². The van der Waals surface area contributed by atoms with Crippen molar-refractivity contribution >= 4 is 28.2 Å². The number of ether oxygens (including phenoxy) is 1. The van der Waals surface area contributed by atoms with Crippen molar-refractivity contribution in [2.24, 2.45) is 11.3 Å². The van der Waals surface area contributed by atoms with Crippen LogP contribution in [0.5, 0.6) is 5.75 Å². The van der Waals surface area contributed by atoms with Crippen LogP contribution >= 0.6 is 11.3 Å². The van der Waals surface area contributed by atoms with Crippen LogP contribution in [-0.2, 0) is 12.8 Å². The molecule has 35 heavy (non-hydrogen) atoms. The second kappa shape index (κ2) is 9.15. The van der Waals surface area contributed by atoms with Crippen LogP contribution in [0.1, 0.15) is 82.1 Å². The zero-order valence-electron chi connectivity index (χ0n) is 20.7. The van der Waals surface area contributed by atoms with Gasteiger partial charge in [-0.25, -0.2) is 4.79 Å². The molecule has 182 valence electrons. The number of aryl methyl sites for hydroxylation is 1. The van der Waals surface area contributed by atoms with E-state index in [9.17, 15) is 9.59 Å². The van der Waals surface area contributed by atoms with Crippen LogP contribution in [0.15, 0.2) is 48.5 Å². The number of hydrogen-bond acceptors (Lipinski definition) is 5. The highest BCUT2D eigenvalue weighted by Gasteiger charge is 2.37. The summed E-state index contributed by atoms with van der Waals surface area (Å²) >= 11 is 1.74. The molecule has 0 bridgehead atoms. The molecule has 1 amide bonds. The van der Waals surface area contributed by atoms with Gasteiger partial charge < -0.3 is 15.4 Å². The maximum Gasteiger partial charge on any atom is 0.343 e. The molecule has 0 saturated heterocycles. The lowest BCUT2D eigenvalue weighted by atomic mass is 9.69. The Morgan fingerprint density at radius 3 is 2.49 bits per heavy atom. The molecule has 2 aromatic carbocycles. The number of anilines is 1. The molecule has 0 spiro atoms. The van der Waals surface area contributed by atoms with Gasteiger partial charge in [0.05, 0.1) is 11.1 Å². The molecule has 5 nitrogen and oxygen atoms in total. The standard InChI is InChI=1S/C29H32N2O3S/c1-5-29(3,4)20-12-15-22-23(16-20)35-27-24(22)26(32)30-25(31-27)18-10-13-21(14-11-18)34-28(33)19-8-6-17(2)7-9-19/h6-11,13-14,20,25,31H,5,12,15-16H2,1-4H3,(H,30,32). The fraction of sp³-hybridized carbons (Fsp3) is 0.379. The molecule has 3 aromatic rings. The summed E-state index contributed by atoms with van der Waals surface area (Å²) in [7, 11) is 0. The van der Waals surface area contributed by atoms with Gasteiger partial charge in [0.25, 0.3) is 5.91 Å². The number of esters is 1. The molecule has 0 radical (unpaired) electrons. The second-order valence-electron chi connectivity index (χ2n) is 10.4. The topological polar surface area (TPSA) is 67.4 Å². The van der Waals surface area contributed by atoms with Gasteiger partial charge in [-0.2, -0.15) is 0 Å². The molecule has 2 heterocycles. The number of carbonyl (C=O) groups excluding carboxylic acids is 2. The van der Waals surface area contributed by atoms with Crippen LogP contribution < -0.4 is 15.4 Å². The third kappa shape index (κ3) is 4.59. The van der Waals surface area contributed by atoms with E-state index in [4.69, 9.17) is 4.74 Å². The van der Waals surface area contributed by atoms with E-state index in [1.54, 1.807) is 35.6 Å². The molecule has 2 N–H and O–H groups in total. The molecule has 0 saturated carbocycles. The summed E-state index contributed by atoms with van der Waals surface area (Å²) in [5.74, 6) is 0.719. The van der Waals surface area contributed by atoms with Gasteiger partial charge in [-0.15, -0.1) is 11.3 Å². The van der Waals surface area contributed by atoms with Crippen LogP contribution in [0.2, 0.25) is 0 Å². The Bertz CT molecular complexity index is 1260. The number of rotatable bonds is 5. The van der Waals surface area contributed by atoms with E-state index < -0.39 is 0 Å². The number of fused-ring (bicyclic) bond motifs is 3. The quantitative estimate of drug-likeness (QED) is 0.311. The number of hydrogen-bond donors (Lipinski definition) is 2. The van der Waals surface area contributed by atoms with E-state index in [0.717, 1.165) is 47.4 Å². The van der Waals surface area contributed by atoms with E-state index in [0.29, 0.717) is 22.6 Å². The van der Waals surface area contributed by atoms with Crippen LogP contribution in [0.4, 0.5) is 5.00 Å². The fourth-order valence-electron chi connectivity index (χ4n) is 5.00. The van der Waals surface area contributed by atoms with Crippen LogP contribution in [-0.4, -0.2) is 11.9 Å². The Labute approximate surface area is 210 Å². The lowest BCUT2D eigenvalue weighted by molar-refractivity contribution is 0.0734. The minimum absolute atomic E-state index is 0.00988. The molecule has 6 heteroatoms. The average molecular weight is 489 g/mol. The number of amides is 1. The molecule has 2 atom stereocenters. The van der Waals surface area contributed by atoms with Crippen molar-refractivity contribution in [3.8, 4) is 5.75 Å². The first-order chi connectivity index (χ1) is 16.7. The SMILES string of the molecule is CCC(C)(C)C1CCc2c(sc3c2C(=O)NC(c2ccc(OC(=O)c4ccc(C)cc4)cc2)N3)C1. The molecule has 1 aliphatic carbocycles. The molecule has 2 unspecified atom stereocenters. The van der Waals surface area contributed by atoms with Crippen LogP contribution in [0.25, 0.3) is 0 Å². The first-order valence-electron chi connectivity index (χ1n) is 12.4. The average Bonchev–Trinajstić information content (AvgIpc) is 3.23. The summed E-state index contributed by atoms with van der Waals surface area (Å²) in [5, 5.41) is 7.62. The third-order valence-corrected chi connectivity index (χ3v) is 8.96. The van der Waals surface area contributed by atoms with Crippen LogP contribution in [0.3, 0.4) is 0 Å². The van der Waals surface area contributed by atoms with Gasteiger partial charge in [-0.3, -0.25) is 4.79 Å². The zero-order valence-corrected chi connectivity index (χ0v) is 21.6. The van der Waals surface area contributed by atoms with Crippen molar-refractivity contribution in [3.63, 3.8) is 0 Å². The van der Waals surface area contributed by atoms with E-state index in [1.165, 1.54) is 10.4 Å². The van der Waals surface area contributed by atoms with Gasteiger partial charge in [0.2, 0.25) is 0 Å². The van der Waals surface area contributed by atoms with Gasteiger partial charge >= 0.3 is 5.97 Å². The molecular weight excluding hydrogens is 456 g/mol. The summed E-state index contributed by atoms with van der Waals surface area (Å²) < 4.78 is 5.52. The van der Waals surface area contributed by atoms with Crippen molar-refractivity contribution in [1.82, 2.24) is 5.32 Å². The first-order valence-corrected chi connectivity index (χ1v) is 13.2. The minimum atomic E-state index is -0.389. The number of thiophene rings is 1. The third-order valence-electron chi connectivity index (χ3n) is 7.77. The van der Waals surface area contributed by atoms with Crippen molar-refractivity contribution in [1.29, 1.82) is 0 Å². The lowest BCUT2D eigenvalue weighted by Crippen LogP contribution is -2.38. The van der Waals surface area contributed by atoms with Gasteiger partial charge in [0.1, 0.15) is 16.9 Å². The predicted octanol–water partition coefficient (Wildman–Crippen LogP) is 6.67. The second-order valence-corrected chi connectivity index (χ2v) is 11.5. The highest BCUT2D eigenvalue weighted by atomic mass is 32.1. The smallest absolute Gasteiger partial charge is 0.343 e. The highest BCUT2D eigenvalue weighted by molar-refractivity contribution is 7.16. The molecule has 5 rings (SSSR count). The Kier molecular flexibility index (Phi) is 6.18. The van der Waals surface area contributed by atoms with Crippen molar-refractivity contribution in [2.45, 2.75) is 59.5 Å². The number of carbonyl (C=O) groups is 2. The Hall–Kier alpha value is -3.12. The summed E-state index contributed by atoms with van der Waals surface area (Å²) in [6.45, 7) is 8.96. The molecule has 1 aromatic heterocycles. The zero-order chi connectivity index (χ0) is 24.7. The largest absolute Gasteiger partial charge is 0.423 e. The Balaban J connectivity index is 1.30. The van der Waals surface area contributed by atoms with Gasteiger partial charge in [-0.1, -0.05) is 57.0 Å². The Morgan fingerprint density at radius 2 is 1.80 bits per heavy atom. The van der Waals surface area contributed by atoms with Gasteiger partial charge in [0.15, 0.2) is 0 Å². The van der Waals surface area contributed by atoms with E-state index in [2.05, 4.69) is 31.4 Å². The Morgan fingerprint density at radius 1 is 1.09 bits per heavy atom. The summed E-state index contributed by atoms with van der Waals surface area (Å²) in [5.41, 5.74) is 4.89. The summed E-state index contributed by atoms with van der Waals surface area (Å²) in [4.78, 5) is 26.9. The van der Waals surface area contributed by atoms with Gasteiger partial charge in [0, 0.05) is 4.88 Å². The molecule has 2 aliphatic rings. The van der Waals surface area contributed by atoms with E-state index in [1.807, 2.05) is 31.2 Å². The normalized spacial score (nSPS) is 19.3. The summed E-state index contributed by atoms with van der Waals surface area (Å²) in [6, 6.07) is 14.6. The summed E-state index contributed by atoms with van der Waals surface area (Å²) in [6.07, 6.45) is 4.00. The molecular formula is C29H32N2O3S. The predicted molar refractivity (Wildman–Crippen MR) is 140 cm³/mol. The maximum atomic E-state index is 13.1. The van der Waals surface area contributed by atoms with Crippen molar-refractivity contribution in [2.75, 3.05) is 5.32 Å². The monoisotopic (exact) mass is 488 g/mol. The van der Waals surface area contributed by atoms with E-state index in [-0.39, 0.29) is 18.0 Å². The maximum absolute atomic E-state index is 13.1. The van der Waals surface area contributed by atoms with Crippen molar-refractivity contribution < 1.29 is 14.3 Å². The molecule has 1 aliphatic heterocycles. The number of nitrogens with one attached hydrogen (secondary N) is 2. The highest BCUT2D eigenvalue weighted by Crippen LogP contribution is 2.47. The molecule has 0 fully saturated rings. The lowest BCUT2D eigenvalue weighted by Gasteiger charge is -2.36.